The van der Waals surface area contributed by atoms with Crippen LogP contribution in [0.5, 0.6) is 0 Å². The highest BCUT2D eigenvalue weighted by Crippen LogP contribution is 2.52. The van der Waals surface area contributed by atoms with Gasteiger partial charge >= 0.3 is 5.97 Å². The predicted molar refractivity (Wildman–Crippen MR) is 74.5 cm³/mol. The molecule has 0 atom stereocenters. The second kappa shape index (κ2) is 5.04. The summed E-state index contributed by atoms with van der Waals surface area (Å²) < 4.78 is 37.7. The van der Waals surface area contributed by atoms with Crippen LogP contribution >= 0.6 is 11.8 Å². The summed E-state index contributed by atoms with van der Waals surface area (Å²) >= 11 is 1.03. The second-order valence-electron chi connectivity index (χ2n) is 5.11. The number of carbonyl (C=O) groups is 1. The van der Waals surface area contributed by atoms with E-state index in [1.165, 1.54) is 12.1 Å². The first-order chi connectivity index (χ1) is 9.19. The molecule has 0 amide bonds. The molecule has 1 fully saturated rings. The fourth-order valence-corrected chi connectivity index (χ4v) is 4.35. The summed E-state index contributed by atoms with van der Waals surface area (Å²) in [7, 11) is -3.56. The van der Waals surface area contributed by atoms with Gasteiger partial charge in [-0.2, -0.15) is 0 Å². The van der Waals surface area contributed by atoms with E-state index in [1.54, 1.807) is 6.26 Å². The van der Waals surface area contributed by atoms with Gasteiger partial charge in [-0.1, -0.05) is 0 Å². The average Bonchev–Trinajstić information content (AvgIpc) is 3.06. The fraction of sp³-hybridized carbons (Fsp3) is 0.462. The molecular formula is C13H15FO4S2. The van der Waals surface area contributed by atoms with Gasteiger partial charge in [0.1, 0.15) is 5.82 Å². The topological polar surface area (TPSA) is 71.4 Å². The van der Waals surface area contributed by atoms with Crippen LogP contribution in [-0.4, -0.2) is 32.0 Å². The Labute approximate surface area is 121 Å². The third kappa shape index (κ3) is 2.83. The predicted octanol–water partition coefficient (Wildman–Crippen LogP) is 2.46. The lowest BCUT2D eigenvalue weighted by atomic mass is 9.92. The highest BCUT2D eigenvalue weighted by molar-refractivity contribution is 7.99. The Morgan fingerprint density at radius 2 is 2.05 bits per heavy atom. The van der Waals surface area contributed by atoms with Crippen LogP contribution < -0.4 is 0 Å². The van der Waals surface area contributed by atoms with E-state index >= 15 is 0 Å². The van der Waals surface area contributed by atoms with E-state index in [2.05, 4.69) is 0 Å². The van der Waals surface area contributed by atoms with E-state index in [0.29, 0.717) is 18.4 Å². The highest BCUT2D eigenvalue weighted by atomic mass is 32.2. The normalized spacial score (nSPS) is 16.9. The molecule has 1 aromatic rings. The Balaban J connectivity index is 2.58. The van der Waals surface area contributed by atoms with E-state index in [9.17, 15) is 17.6 Å². The minimum atomic E-state index is -3.56. The maximum Gasteiger partial charge on any atom is 0.304 e. The van der Waals surface area contributed by atoms with E-state index in [4.69, 9.17) is 5.11 Å². The first-order valence-electron chi connectivity index (χ1n) is 5.99. The zero-order valence-corrected chi connectivity index (χ0v) is 12.8. The highest BCUT2D eigenvalue weighted by Gasteiger charge is 2.46. The minimum absolute atomic E-state index is 0.0586. The number of hydrogen-bond donors (Lipinski definition) is 1. The van der Waals surface area contributed by atoms with Crippen molar-refractivity contribution in [1.29, 1.82) is 0 Å². The van der Waals surface area contributed by atoms with Gasteiger partial charge in [-0.15, -0.1) is 11.8 Å². The van der Waals surface area contributed by atoms with Crippen LogP contribution in [0.3, 0.4) is 0 Å². The lowest BCUT2D eigenvalue weighted by Crippen LogP contribution is -2.15. The maximum atomic E-state index is 14.1. The van der Waals surface area contributed by atoms with Crippen molar-refractivity contribution in [1.82, 2.24) is 0 Å². The minimum Gasteiger partial charge on any atom is -0.481 e. The SMILES string of the molecule is CSc1c(F)cc(C2(CC(=O)O)CC2)cc1S(C)(=O)=O. The third-order valence-electron chi connectivity index (χ3n) is 3.57. The number of thioether (sulfide) groups is 1. The van der Waals surface area contributed by atoms with Gasteiger partial charge < -0.3 is 5.11 Å². The lowest BCUT2D eigenvalue weighted by Gasteiger charge is -2.16. The van der Waals surface area contributed by atoms with Crippen LogP contribution in [0.2, 0.25) is 0 Å². The zero-order valence-electron chi connectivity index (χ0n) is 11.1. The molecule has 1 N–H and O–H groups in total. The largest absolute Gasteiger partial charge is 0.481 e. The number of aliphatic carboxylic acids is 1. The number of sulfone groups is 1. The Morgan fingerprint density at radius 1 is 1.45 bits per heavy atom. The molecule has 0 spiro atoms. The maximum absolute atomic E-state index is 14.1. The quantitative estimate of drug-likeness (QED) is 0.844. The summed E-state index contributed by atoms with van der Waals surface area (Å²) in [5.74, 6) is -1.56. The molecule has 0 saturated heterocycles. The first-order valence-corrected chi connectivity index (χ1v) is 9.11. The molecule has 0 aliphatic heterocycles. The molecule has 0 heterocycles. The summed E-state index contributed by atoms with van der Waals surface area (Å²) in [6.45, 7) is 0. The molecule has 0 unspecified atom stereocenters. The number of carboxylic acid groups (broad SMARTS) is 1. The molecule has 110 valence electrons. The number of benzene rings is 1. The third-order valence-corrected chi connectivity index (χ3v) is 5.64. The molecule has 1 aliphatic rings. The van der Waals surface area contributed by atoms with Crippen LogP contribution in [0, 0.1) is 5.82 Å². The fourth-order valence-electron chi connectivity index (χ4n) is 2.36. The molecule has 0 bridgehead atoms. The van der Waals surface area contributed by atoms with Gasteiger partial charge in [0.15, 0.2) is 9.84 Å². The van der Waals surface area contributed by atoms with Crippen LogP contribution in [0.4, 0.5) is 4.39 Å². The second-order valence-corrected chi connectivity index (χ2v) is 7.91. The summed E-state index contributed by atoms with van der Waals surface area (Å²) in [4.78, 5) is 10.9. The smallest absolute Gasteiger partial charge is 0.304 e. The van der Waals surface area contributed by atoms with Crippen molar-refractivity contribution in [3.63, 3.8) is 0 Å². The first kappa shape index (κ1) is 15.3. The zero-order chi connectivity index (χ0) is 15.1. The van der Waals surface area contributed by atoms with Gasteiger partial charge in [-0.05, 0) is 36.8 Å². The number of rotatable bonds is 5. The standard InChI is InChI=1S/C13H15FO4S2/c1-19-12-9(14)5-8(6-10(12)20(2,17)18)13(3-4-13)7-11(15)16/h5-6H,3-4,7H2,1-2H3,(H,15,16). The molecule has 4 nitrogen and oxygen atoms in total. The number of halogens is 1. The van der Waals surface area contributed by atoms with Gasteiger partial charge in [-0.25, -0.2) is 12.8 Å². The van der Waals surface area contributed by atoms with Gasteiger partial charge in [0, 0.05) is 11.7 Å². The Morgan fingerprint density at radius 3 is 2.45 bits per heavy atom. The van der Waals surface area contributed by atoms with Crippen molar-refractivity contribution in [2.75, 3.05) is 12.5 Å². The Bertz CT molecular complexity index is 663. The summed E-state index contributed by atoms with van der Waals surface area (Å²) in [5.41, 5.74) is -0.140. The molecule has 0 aromatic heterocycles. The average molecular weight is 318 g/mol. The molecule has 7 heteroatoms. The van der Waals surface area contributed by atoms with E-state index in [1.807, 2.05) is 0 Å². The molecule has 20 heavy (non-hydrogen) atoms. The van der Waals surface area contributed by atoms with Crippen LogP contribution in [0.25, 0.3) is 0 Å². The van der Waals surface area contributed by atoms with Gasteiger partial charge in [0.2, 0.25) is 0 Å². The van der Waals surface area contributed by atoms with E-state index in [0.717, 1.165) is 18.0 Å². The molecule has 0 radical (unpaired) electrons. The van der Waals surface area contributed by atoms with E-state index < -0.39 is 27.0 Å². The van der Waals surface area contributed by atoms with Gasteiger partial charge in [0.05, 0.1) is 16.2 Å². The van der Waals surface area contributed by atoms with Gasteiger partial charge in [-0.3, -0.25) is 4.79 Å². The number of carboxylic acids is 1. The summed E-state index contributed by atoms with van der Waals surface area (Å²) in [6.07, 6.45) is 3.81. The molecule has 1 saturated carbocycles. The van der Waals surface area contributed by atoms with Crippen molar-refractivity contribution in [2.24, 2.45) is 0 Å². The van der Waals surface area contributed by atoms with Crippen molar-refractivity contribution in [3.05, 3.63) is 23.5 Å². The van der Waals surface area contributed by atoms with Gasteiger partial charge in [0.25, 0.3) is 0 Å². The van der Waals surface area contributed by atoms with E-state index in [-0.39, 0.29) is 16.2 Å². The summed E-state index contributed by atoms with van der Waals surface area (Å²) in [6, 6.07) is 2.70. The van der Waals surface area contributed by atoms with Crippen LogP contribution in [0.1, 0.15) is 24.8 Å². The Kier molecular flexibility index (Phi) is 3.85. The molecule has 1 aliphatic carbocycles. The van der Waals surface area contributed by atoms with Crippen LogP contribution in [-0.2, 0) is 20.0 Å². The van der Waals surface area contributed by atoms with Crippen LogP contribution in [0.15, 0.2) is 21.9 Å². The van der Waals surface area contributed by atoms with Crippen molar-refractivity contribution < 1.29 is 22.7 Å². The van der Waals surface area contributed by atoms with Crippen molar-refractivity contribution in [2.45, 2.75) is 34.5 Å². The lowest BCUT2D eigenvalue weighted by molar-refractivity contribution is -0.137. The monoisotopic (exact) mass is 318 g/mol. The number of hydrogen-bond acceptors (Lipinski definition) is 4. The molecule has 2 rings (SSSR count). The van der Waals surface area contributed by atoms with Crippen molar-refractivity contribution in [3.8, 4) is 0 Å². The summed E-state index contributed by atoms with van der Waals surface area (Å²) in [5, 5.41) is 8.93. The van der Waals surface area contributed by atoms with Crippen molar-refractivity contribution >= 4 is 27.6 Å². The molecule has 1 aromatic carbocycles. The Hall–Kier alpha value is -1.08. The molecular weight excluding hydrogens is 303 g/mol.